The summed E-state index contributed by atoms with van der Waals surface area (Å²) in [7, 11) is 0. The fourth-order valence-electron chi connectivity index (χ4n) is 2.22. The molecule has 2 rings (SSSR count). The second-order valence-corrected chi connectivity index (χ2v) is 4.78. The van der Waals surface area contributed by atoms with Crippen molar-refractivity contribution in [1.29, 1.82) is 0 Å². The Hall–Kier alpha value is -1.75. The Morgan fingerprint density at radius 3 is 3.05 bits per heavy atom. The average Bonchev–Trinajstić information content (AvgIpc) is 2.41. The number of nitrogens with one attached hydrogen (secondary N) is 1. The number of carboxylic acid groups (broad SMARTS) is 1. The molecule has 1 aromatic rings. The molecule has 0 saturated carbocycles. The summed E-state index contributed by atoms with van der Waals surface area (Å²) in [5.74, 6) is 0.897. The maximum atomic E-state index is 10.9. The highest BCUT2D eigenvalue weighted by atomic mass is 16.5. The number of hydrogen-bond donors (Lipinski definition) is 2. The molecule has 104 valence electrons. The van der Waals surface area contributed by atoms with E-state index in [4.69, 9.17) is 9.84 Å². The Kier molecular flexibility index (Phi) is 4.63. The van der Waals surface area contributed by atoms with Crippen molar-refractivity contribution >= 4 is 6.09 Å². The predicted octanol–water partition coefficient (Wildman–Crippen LogP) is 1.72. The van der Waals surface area contributed by atoms with Crippen molar-refractivity contribution in [3.63, 3.8) is 0 Å². The first-order valence-corrected chi connectivity index (χ1v) is 6.56. The summed E-state index contributed by atoms with van der Waals surface area (Å²) in [5.41, 5.74) is 1.12. The summed E-state index contributed by atoms with van der Waals surface area (Å²) < 4.78 is 5.73. The predicted molar refractivity (Wildman–Crippen MR) is 72.7 cm³/mol. The van der Waals surface area contributed by atoms with Gasteiger partial charge in [0.05, 0.1) is 6.61 Å². The Balaban J connectivity index is 1.77. The van der Waals surface area contributed by atoms with Gasteiger partial charge in [-0.2, -0.15) is 0 Å². The summed E-state index contributed by atoms with van der Waals surface area (Å²) in [4.78, 5) is 12.4. The van der Waals surface area contributed by atoms with Gasteiger partial charge in [-0.25, -0.2) is 4.79 Å². The van der Waals surface area contributed by atoms with E-state index in [1.165, 1.54) is 4.90 Å². The SMILES string of the molecule is Cc1ccccc1OCC[C@@H]1CN(C(=O)O)CCN1. The Morgan fingerprint density at radius 2 is 2.32 bits per heavy atom. The number of hydrogen-bond acceptors (Lipinski definition) is 3. The molecule has 1 amide bonds. The van der Waals surface area contributed by atoms with Gasteiger partial charge in [-0.05, 0) is 25.0 Å². The van der Waals surface area contributed by atoms with Crippen LogP contribution in [-0.2, 0) is 0 Å². The molecular weight excluding hydrogens is 244 g/mol. The van der Waals surface area contributed by atoms with Gasteiger partial charge in [0.1, 0.15) is 5.75 Å². The van der Waals surface area contributed by atoms with Crippen LogP contribution in [0.2, 0.25) is 0 Å². The molecule has 1 fully saturated rings. The van der Waals surface area contributed by atoms with Gasteiger partial charge in [-0.1, -0.05) is 18.2 Å². The van der Waals surface area contributed by atoms with Gasteiger partial charge in [0.15, 0.2) is 0 Å². The molecule has 0 spiro atoms. The summed E-state index contributed by atoms with van der Waals surface area (Å²) in [6, 6.07) is 8.07. The summed E-state index contributed by atoms with van der Waals surface area (Å²) in [5, 5.41) is 12.3. The van der Waals surface area contributed by atoms with E-state index in [1.54, 1.807) is 0 Å². The molecule has 0 aliphatic carbocycles. The fourth-order valence-corrected chi connectivity index (χ4v) is 2.22. The molecule has 0 bridgehead atoms. The van der Waals surface area contributed by atoms with Crippen LogP contribution in [0.3, 0.4) is 0 Å². The standard InChI is InChI=1S/C14H20N2O3/c1-11-4-2-3-5-13(11)19-9-6-12-10-16(14(17)18)8-7-15-12/h2-5,12,15H,6-10H2,1H3,(H,17,18)/t12-/m1/s1. The fraction of sp³-hybridized carbons (Fsp3) is 0.500. The van der Waals surface area contributed by atoms with Gasteiger partial charge >= 0.3 is 6.09 Å². The van der Waals surface area contributed by atoms with Gasteiger partial charge in [0.2, 0.25) is 0 Å². The lowest BCUT2D eigenvalue weighted by molar-refractivity contribution is 0.124. The minimum atomic E-state index is -0.841. The lowest BCUT2D eigenvalue weighted by Gasteiger charge is -2.31. The van der Waals surface area contributed by atoms with E-state index in [0.29, 0.717) is 26.2 Å². The largest absolute Gasteiger partial charge is 0.493 e. The van der Waals surface area contributed by atoms with Gasteiger partial charge < -0.3 is 20.1 Å². The van der Waals surface area contributed by atoms with E-state index in [2.05, 4.69) is 5.32 Å². The Morgan fingerprint density at radius 1 is 1.53 bits per heavy atom. The molecule has 1 aliphatic rings. The van der Waals surface area contributed by atoms with E-state index < -0.39 is 6.09 Å². The number of carbonyl (C=O) groups is 1. The van der Waals surface area contributed by atoms with Crippen molar-refractivity contribution in [1.82, 2.24) is 10.2 Å². The second-order valence-electron chi connectivity index (χ2n) is 4.78. The highest BCUT2D eigenvalue weighted by Gasteiger charge is 2.22. The molecular formula is C14H20N2O3. The first-order chi connectivity index (χ1) is 9.16. The van der Waals surface area contributed by atoms with Gasteiger partial charge in [0.25, 0.3) is 0 Å². The van der Waals surface area contributed by atoms with E-state index >= 15 is 0 Å². The maximum Gasteiger partial charge on any atom is 0.407 e. The average molecular weight is 264 g/mol. The minimum absolute atomic E-state index is 0.175. The zero-order chi connectivity index (χ0) is 13.7. The van der Waals surface area contributed by atoms with Crippen molar-refractivity contribution in [3.05, 3.63) is 29.8 Å². The highest BCUT2D eigenvalue weighted by Crippen LogP contribution is 2.16. The number of nitrogens with zero attached hydrogens (tertiary/aromatic N) is 1. The lowest BCUT2D eigenvalue weighted by Crippen LogP contribution is -2.52. The Labute approximate surface area is 113 Å². The normalized spacial score (nSPS) is 19.2. The van der Waals surface area contributed by atoms with Crippen molar-refractivity contribution < 1.29 is 14.6 Å². The number of aryl methyl sites for hydroxylation is 1. The number of benzene rings is 1. The molecule has 1 aliphatic heterocycles. The van der Waals surface area contributed by atoms with Crippen LogP contribution < -0.4 is 10.1 Å². The molecule has 1 atom stereocenters. The van der Waals surface area contributed by atoms with Crippen LogP contribution in [-0.4, -0.2) is 48.4 Å². The van der Waals surface area contributed by atoms with Crippen LogP contribution >= 0.6 is 0 Å². The second kappa shape index (κ2) is 6.43. The molecule has 1 heterocycles. The quantitative estimate of drug-likeness (QED) is 0.869. The molecule has 1 aromatic carbocycles. The zero-order valence-electron chi connectivity index (χ0n) is 11.1. The van der Waals surface area contributed by atoms with E-state index in [1.807, 2.05) is 31.2 Å². The smallest absolute Gasteiger partial charge is 0.407 e. The topological polar surface area (TPSA) is 61.8 Å². The number of ether oxygens (including phenoxy) is 1. The molecule has 0 aromatic heterocycles. The summed E-state index contributed by atoms with van der Waals surface area (Å²) in [6.45, 7) is 4.41. The van der Waals surface area contributed by atoms with Crippen molar-refractivity contribution in [2.45, 2.75) is 19.4 Å². The first kappa shape index (κ1) is 13.7. The third kappa shape index (κ3) is 3.86. The third-order valence-electron chi connectivity index (χ3n) is 3.34. The lowest BCUT2D eigenvalue weighted by atomic mass is 10.1. The van der Waals surface area contributed by atoms with Crippen LogP contribution in [0.4, 0.5) is 4.79 Å². The minimum Gasteiger partial charge on any atom is -0.493 e. The summed E-state index contributed by atoms with van der Waals surface area (Å²) in [6.07, 6.45) is -0.0377. The molecule has 5 heteroatoms. The monoisotopic (exact) mass is 264 g/mol. The molecule has 0 radical (unpaired) electrons. The van der Waals surface area contributed by atoms with Crippen LogP contribution in [0.15, 0.2) is 24.3 Å². The first-order valence-electron chi connectivity index (χ1n) is 6.56. The van der Waals surface area contributed by atoms with Gasteiger partial charge in [-0.15, -0.1) is 0 Å². The van der Waals surface area contributed by atoms with Crippen LogP contribution in [0.25, 0.3) is 0 Å². The van der Waals surface area contributed by atoms with E-state index in [0.717, 1.165) is 17.7 Å². The van der Waals surface area contributed by atoms with E-state index in [-0.39, 0.29) is 6.04 Å². The number of para-hydroxylation sites is 1. The van der Waals surface area contributed by atoms with Crippen LogP contribution in [0, 0.1) is 6.92 Å². The molecule has 1 saturated heterocycles. The van der Waals surface area contributed by atoms with Gasteiger partial charge in [-0.3, -0.25) is 0 Å². The van der Waals surface area contributed by atoms with Crippen molar-refractivity contribution in [3.8, 4) is 5.75 Å². The maximum absolute atomic E-state index is 10.9. The van der Waals surface area contributed by atoms with Crippen molar-refractivity contribution in [2.75, 3.05) is 26.2 Å². The van der Waals surface area contributed by atoms with E-state index in [9.17, 15) is 4.79 Å². The van der Waals surface area contributed by atoms with Crippen LogP contribution in [0.5, 0.6) is 5.75 Å². The third-order valence-corrected chi connectivity index (χ3v) is 3.34. The zero-order valence-corrected chi connectivity index (χ0v) is 11.1. The molecule has 2 N–H and O–H groups in total. The van der Waals surface area contributed by atoms with Gasteiger partial charge in [0, 0.05) is 25.7 Å². The molecule has 0 unspecified atom stereocenters. The number of amides is 1. The van der Waals surface area contributed by atoms with Crippen molar-refractivity contribution in [2.24, 2.45) is 0 Å². The number of piperazine rings is 1. The number of rotatable bonds is 4. The molecule has 5 nitrogen and oxygen atoms in total. The summed E-state index contributed by atoms with van der Waals surface area (Å²) >= 11 is 0. The molecule has 19 heavy (non-hydrogen) atoms. The highest BCUT2D eigenvalue weighted by molar-refractivity contribution is 5.65. The van der Waals surface area contributed by atoms with Crippen LogP contribution in [0.1, 0.15) is 12.0 Å². The Bertz CT molecular complexity index is 436.